The van der Waals surface area contributed by atoms with Crippen molar-refractivity contribution >= 4 is 15.8 Å². The Hall–Kier alpha value is -0.620. The molecule has 3 atom stereocenters. The van der Waals surface area contributed by atoms with Crippen LogP contribution in [0, 0.1) is 5.92 Å². The second-order valence-corrected chi connectivity index (χ2v) is 7.50. The number of hydrogen-bond acceptors (Lipinski definition) is 5. The molecular weight excluding hydrogens is 266 g/mol. The van der Waals surface area contributed by atoms with E-state index >= 15 is 0 Å². The highest BCUT2D eigenvalue weighted by atomic mass is 32.2. The number of esters is 1. The Kier molecular flexibility index (Phi) is 6.26. The maximum atomic E-state index is 12.3. The number of carbonyl (C=O) groups is 1. The first-order valence-corrected chi connectivity index (χ1v) is 8.75. The lowest BCUT2D eigenvalue weighted by Gasteiger charge is -2.33. The fourth-order valence-corrected chi connectivity index (χ4v) is 4.65. The molecular formula is C13H25NO4S. The van der Waals surface area contributed by atoms with E-state index in [-0.39, 0.29) is 12.6 Å². The SMILES string of the molecule is CCCC1CCC(N)C(S(=O)(=O)CC(=O)OCC)C1. The van der Waals surface area contributed by atoms with Gasteiger partial charge in [0.25, 0.3) is 0 Å². The lowest BCUT2D eigenvalue weighted by molar-refractivity contribution is -0.139. The summed E-state index contributed by atoms with van der Waals surface area (Å²) in [5.74, 6) is -0.808. The van der Waals surface area contributed by atoms with E-state index in [0.29, 0.717) is 12.3 Å². The molecule has 19 heavy (non-hydrogen) atoms. The van der Waals surface area contributed by atoms with Crippen LogP contribution >= 0.6 is 0 Å². The average molecular weight is 291 g/mol. The van der Waals surface area contributed by atoms with Crippen molar-refractivity contribution in [1.29, 1.82) is 0 Å². The van der Waals surface area contributed by atoms with Gasteiger partial charge in [-0.2, -0.15) is 0 Å². The number of hydrogen-bond donors (Lipinski definition) is 1. The minimum atomic E-state index is -3.50. The molecule has 5 nitrogen and oxygen atoms in total. The standard InChI is InChI=1S/C13H25NO4S/c1-3-5-10-6-7-11(14)12(8-10)19(16,17)9-13(15)18-4-2/h10-12H,3-9,14H2,1-2H3. The molecule has 0 radical (unpaired) electrons. The molecule has 1 aliphatic carbocycles. The van der Waals surface area contributed by atoms with Crippen molar-refractivity contribution in [3.63, 3.8) is 0 Å². The van der Waals surface area contributed by atoms with Crippen LogP contribution in [-0.4, -0.2) is 38.0 Å². The van der Waals surface area contributed by atoms with Crippen LogP contribution < -0.4 is 5.73 Å². The number of rotatable bonds is 6. The molecule has 0 bridgehead atoms. The number of carbonyl (C=O) groups excluding carboxylic acids is 1. The van der Waals surface area contributed by atoms with Gasteiger partial charge in [0.2, 0.25) is 0 Å². The molecule has 0 spiro atoms. The van der Waals surface area contributed by atoms with E-state index in [1.165, 1.54) is 0 Å². The van der Waals surface area contributed by atoms with Crippen LogP contribution in [0.15, 0.2) is 0 Å². The van der Waals surface area contributed by atoms with E-state index in [1.54, 1.807) is 6.92 Å². The summed E-state index contributed by atoms with van der Waals surface area (Å²) in [6.07, 6.45) is 4.36. The predicted octanol–water partition coefficient (Wildman–Crippen LogP) is 1.26. The van der Waals surface area contributed by atoms with Crippen LogP contribution in [0.4, 0.5) is 0 Å². The van der Waals surface area contributed by atoms with Gasteiger partial charge in [-0.05, 0) is 32.1 Å². The first-order chi connectivity index (χ1) is 8.90. The van der Waals surface area contributed by atoms with Gasteiger partial charge in [0.05, 0.1) is 11.9 Å². The van der Waals surface area contributed by atoms with E-state index < -0.39 is 26.8 Å². The summed E-state index contributed by atoms with van der Waals surface area (Å²) in [5.41, 5.74) is 5.94. The minimum absolute atomic E-state index is 0.198. The van der Waals surface area contributed by atoms with E-state index in [2.05, 4.69) is 6.92 Å². The predicted molar refractivity (Wildman–Crippen MR) is 74.4 cm³/mol. The van der Waals surface area contributed by atoms with Crippen molar-refractivity contribution in [2.24, 2.45) is 11.7 Å². The Morgan fingerprint density at radius 1 is 1.32 bits per heavy atom. The van der Waals surface area contributed by atoms with Crippen molar-refractivity contribution in [3.05, 3.63) is 0 Å². The van der Waals surface area contributed by atoms with E-state index in [0.717, 1.165) is 25.7 Å². The molecule has 0 aromatic heterocycles. The molecule has 0 aromatic carbocycles. The maximum absolute atomic E-state index is 12.3. The first-order valence-electron chi connectivity index (χ1n) is 7.03. The molecule has 1 aliphatic rings. The topological polar surface area (TPSA) is 86.5 Å². The molecule has 2 N–H and O–H groups in total. The molecule has 1 saturated carbocycles. The Morgan fingerprint density at radius 2 is 2.00 bits per heavy atom. The normalized spacial score (nSPS) is 28.1. The van der Waals surface area contributed by atoms with Crippen molar-refractivity contribution in [1.82, 2.24) is 0 Å². The van der Waals surface area contributed by atoms with Crippen LogP contribution in [-0.2, 0) is 19.4 Å². The second-order valence-electron chi connectivity index (χ2n) is 5.28. The number of ether oxygens (including phenoxy) is 1. The molecule has 0 aliphatic heterocycles. The van der Waals surface area contributed by atoms with Gasteiger partial charge in [0, 0.05) is 6.04 Å². The molecule has 1 fully saturated rings. The maximum Gasteiger partial charge on any atom is 0.321 e. The smallest absolute Gasteiger partial charge is 0.321 e. The van der Waals surface area contributed by atoms with Crippen LogP contribution in [0.1, 0.15) is 46.0 Å². The van der Waals surface area contributed by atoms with E-state index in [4.69, 9.17) is 10.5 Å². The van der Waals surface area contributed by atoms with Gasteiger partial charge in [-0.25, -0.2) is 8.42 Å². The Morgan fingerprint density at radius 3 is 2.58 bits per heavy atom. The summed E-state index contributed by atoms with van der Waals surface area (Å²) in [7, 11) is -3.50. The quantitative estimate of drug-likeness (QED) is 0.744. The summed E-state index contributed by atoms with van der Waals surface area (Å²) in [4.78, 5) is 11.4. The van der Waals surface area contributed by atoms with Crippen molar-refractivity contribution < 1.29 is 17.9 Å². The van der Waals surface area contributed by atoms with Gasteiger partial charge in [0.1, 0.15) is 5.75 Å². The molecule has 1 rings (SSSR count). The van der Waals surface area contributed by atoms with E-state index in [1.807, 2.05) is 0 Å². The highest BCUT2D eigenvalue weighted by molar-refractivity contribution is 7.92. The Bertz CT molecular complexity index is 393. The van der Waals surface area contributed by atoms with Gasteiger partial charge >= 0.3 is 5.97 Å². The summed E-state index contributed by atoms with van der Waals surface area (Å²) in [6.45, 7) is 3.95. The molecule has 3 unspecified atom stereocenters. The monoisotopic (exact) mass is 291 g/mol. The highest BCUT2D eigenvalue weighted by Crippen LogP contribution is 2.31. The lowest BCUT2D eigenvalue weighted by atomic mass is 9.83. The highest BCUT2D eigenvalue weighted by Gasteiger charge is 2.38. The molecule has 0 amide bonds. The third-order valence-electron chi connectivity index (χ3n) is 3.73. The van der Waals surface area contributed by atoms with Gasteiger partial charge < -0.3 is 10.5 Å². The summed E-state index contributed by atoms with van der Waals surface area (Å²) in [5, 5.41) is -0.595. The zero-order chi connectivity index (χ0) is 14.5. The van der Waals surface area contributed by atoms with Crippen LogP contribution in [0.3, 0.4) is 0 Å². The van der Waals surface area contributed by atoms with Gasteiger partial charge in [0.15, 0.2) is 9.84 Å². The molecule has 0 heterocycles. The lowest BCUT2D eigenvalue weighted by Crippen LogP contribution is -2.47. The number of sulfone groups is 1. The van der Waals surface area contributed by atoms with Crippen molar-refractivity contribution in [2.45, 2.75) is 57.2 Å². The van der Waals surface area contributed by atoms with Crippen LogP contribution in [0.25, 0.3) is 0 Å². The largest absolute Gasteiger partial charge is 0.465 e. The minimum Gasteiger partial charge on any atom is -0.465 e. The fourth-order valence-electron chi connectivity index (χ4n) is 2.79. The molecule has 0 aromatic rings. The van der Waals surface area contributed by atoms with Gasteiger partial charge in [-0.1, -0.05) is 19.8 Å². The fraction of sp³-hybridized carbons (Fsp3) is 0.923. The number of nitrogens with two attached hydrogens (primary N) is 1. The van der Waals surface area contributed by atoms with Crippen LogP contribution in [0.5, 0.6) is 0 Å². The first kappa shape index (κ1) is 16.4. The van der Waals surface area contributed by atoms with Crippen LogP contribution in [0.2, 0.25) is 0 Å². The average Bonchev–Trinajstić information content (AvgIpc) is 2.31. The third-order valence-corrected chi connectivity index (χ3v) is 5.84. The Labute approximate surface area is 115 Å². The molecule has 6 heteroatoms. The zero-order valence-corrected chi connectivity index (χ0v) is 12.6. The third kappa shape index (κ3) is 4.76. The molecule has 0 saturated heterocycles. The van der Waals surface area contributed by atoms with Gasteiger partial charge in [-0.3, -0.25) is 4.79 Å². The zero-order valence-electron chi connectivity index (χ0n) is 11.8. The molecule has 112 valence electrons. The van der Waals surface area contributed by atoms with Crippen molar-refractivity contribution in [3.8, 4) is 0 Å². The summed E-state index contributed by atoms with van der Waals surface area (Å²) >= 11 is 0. The van der Waals surface area contributed by atoms with Gasteiger partial charge in [-0.15, -0.1) is 0 Å². The summed E-state index contributed by atoms with van der Waals surface area (Å²) in [6, 6.07) is -0.354. The second kappa shape index (κ2) is 7.24. The Balaban J connectivity index is 2.71. The summed E-state index contributed by atoms with van der Waals surface area (Å²) < 4.78 is 29.2. The van der Waals surface area contributed by atoms with E-state index in [9.17, 15) is 13.2 Å². The van der Waals surface area contributed by atoms with Crippen molar-refractivity contribution in [2.75, 3.05) is 12.4 Å².